The summed E-state index contributed by atoms with van der Waals surface area (Å²) in [7, 11) is 1.86. The predicted octanol–water partition coefficient (Wildman–Crippen LogP) is 2.65. The largest absolute Gasteiger partial charge is 0.373 e. The van der Waals surface area contributed by atoms with Gasteiger partial charge in [0.25, 0.3) is 0 Å². The average Bonchev–Trinajstić information content (AvgIpc) is 3.03. The van der Waals surface area contributed by atoms with Crippen molar-refractivity contribution in [3.8, 4) is 0 Å². The zero-order chi connectivity index (χ0) is 15.4. The van der Waals surface area contributed by atoms with Gasteiger partial charge in [0.2, 0.25) is 0 Å². The molecule has 2 aromatic rings. The molecule has 0 aromatic carbocycles. The Labute approximate surface area is 134 Å². The molecular formula is C15H19ClN6. The number of rotatable bonds is 5. The molecule has 0 saturated carbocycles. The lowest BCUT2D eigenvalue weighted by atomic mass is 10.2. The van der Waals surface area contributed by atoms with Gasteiger partial charge in [-0.25, -0.2) is 15.0 Å². The Morgan fingerprint density at radius 2 is 2.27 bits per heavy atom. The summed E-state index contributed by atoms with van der Waals surface area (Å²) in [5.41, 5.74) is 0. The summed E-state index contributed by atoms with van der Waals surface area (Å²) in [6.07, 6.45) is 5.61. The fourth-order valence-corrected chi connectivity index (χ4v) is 2.91. The van der Waals surface area contributed by atoms with Crippen molar-refractivity contribution < 1.29 is 0 Å². The predicted molar refractivity (Wildman–Crippen MR) is 89.7 cm³/mol. The molecule has 7 heteroatoms. The third-order valence-corrected chi connectivity index (χ3v) is 4.15. The van der Waals surface area contributed by atoms with E-state index in [0.29, 0.717) is 11.1 Å². The third-order valence-electron chi connectivity index (χ3n) is 3.84. The van der Waals surface area contributed by atoms with Gasteiger partial charge in [0.15, 0.2) is 0 Å². The van der Waals surface area contributed by atoms with E-state index in [1.165, 1.54) is 0 Å². The van der Waals surface area contributed by atoms with Crippen LogP contribution in [0.25, 0.3) is 0 Å². The Morgan fingerprint density at radius 1 is 1.36 bits per heavy atom. The lowest BCUT2D eigenvalue weighted by Crippen LogP contribution is -2.35. The quantitative estimate of drug-likeness (QED) is 0.883. The SMILES string of the molecule is CNc1cc(N2CCCC2CNc2ncccc2Cl)ncn1. The smallest absolute Gasteiger partial charge is 0.144 e. The van der Waals surface area contributed by atoms with Gasteiger partial charge in [-0.2, -0.15) is 0 Å². The summed E-state index contributed by atoms with van der Waals surface area (Å²) in [4.78, 5) is 15.1. The number of hydrogen-bond donors (Lipinski definition) is 2. The maximum atomic E-state index is 6.14. The maximum Gasteiger partial charge on any atom is 0.144 e. The summed E-state index contributed by atoms with van der Waals surface area (Å²) in [6, 6.07) is 6.02. The second-order valence-corrected chi connectivity index (χ2v) is 5.62. The molecule has 1 atom stereocenters. The average molecular weight is 319 g/mol. The van der Waals surface area contributed by atoms with Crippen molar-refractivity contribution in [3.05, 3.63) is 35.7 Å². The van der Waals surface area contributed by atoms with Crippen LogP contribution in [0.2, 0.25) is 5.02 Å². The van der Waals surface area contributed by atoms with Gasteiger partial charge < -0.3 is 15.5 Å². The molecule has 0 radical (unpaired) electrons. The third kappa shape index (κ3) is 3.22. The summed E-state index contributed by atoms with van der Waals surface area (Å²) in [5, 5.41) is 7.03. The van der Waals surface area contributed by atoms with E-state index >= 15 is 0 Å². The van der Waals surface area contributed by atoms with Gasteiger partial charge in [-0.3, -0.25) is 0 Å². The second kappa shape index (κ2) is 6.79. The first kappa shape index (κ1) is 14.8. The fraction of sp³-hybridized carbons (Fsp3) is 0.400. The van der Waals surface area contributed by atoms with Crippen molar-refractivity contribution in [1.29, 1.82) is 0 Å². The Morgan fingerprint density at radius 3 is 3.09 bits per heavy atom. The van der Waals surface area contributed by atoms with Crippen LogP contribution in [0.1, 0.15) is 12.8 Å². The number of anilines is 3. The molecule has 3 heterocycles. The second-order valence-electron chi connectivity index (χ2n) is 5.22. The molecule has 1 fully saturated rings. The van der Waals surface area contributed by atoms with Gasteiger partial charge in [0.1, 0.15) is 23.8 Å². The lowest BCUT2D eigenvalue weighted by Gasteiger charge is -2.26. The van der Waals surface area contributed by atoms with E-state index in [2.05, 4.69) is 30.5 Å². The molecule has 2 aromatic heterocycles. The molecule has 1 aliphatic rings. The lowest BCUT2D eigenvalue weighted by molar-refractivity contribution is 0.689. The number of aromatic nitrogens is 3. The zero-order valence-corrected chi connectivity index (χ0v) is 13.2. The van der Waals surface area contributed by atoms with Crippen molar-refractivity contribution in [1.82, 2.24) is 15.0 Å². The Balaban J connectivity index is 1.69. The van der Waals surface area contributed by atoms with E-state index in [1.807, 2.05) is 25.2 Å². The van der Waals surface area contributed by atoms with Gasteiger partial charge in [-0.05, 0) is 25.0 Å². The molecule has 0 spiro atoms. The highest BCUT2D eigenvalue weighted by molar-refractivity contribution is 6.32. The van der Waals surface area contributed by atoms with Crippen LogP contribution in [0.3, 0.4) is 0 Å². The van der Waals surface area contributed by atoms with Gasteiger partial charge in [0.05, 0.1) is 5.02 Å². The highest BCUT2D eigenvalue weighted by Gasteiger charge is 2.26. The van der Waals surface area contributed by atoms with E-state index < -0.39 is 0 Å². The van der Waals surface area contributed by atoms with E-state index in [9.17, 15) is 0 Å². The van der Waals surface area contributed by atoms with E-state index in [0.717, 1.165) is 43.4 Å². The molecule has 1 unspecified atom stereocenters. The molecular weight excluding hydrogens is 300 g/mol. The molecule has 0 aliphatic carbocycles. The highest BCUT2D eigenvalue weighted by atomic mass is 35.5. The van der Waals surface area contributed by atoms with Gasteiger partial charge in [-0.15, -0.1) is 0 Å². The summed E-state index contributed by atoms with van der Waals surface area (Å²) >= 11 is 6.14. The van der Waals surface area contributed by atoms with Crippen molar-refractivity contribution in [3.63, 3.8) is 0 Å². The molecule has 1 saturated heterocycles. The normalized spacial score (nSPS) is 17.5. The van der Waals surface area contributed by atoms with Crippen LogP contribution in [0.15, 0.2) is 30.7 Å². The van der Waals surface area contributed by atoms with Crippen LogP contribution in [-0.4, -0.2) is 41.1 Å². The molecule has 1 aliphatic heterocycles. The molecule has 3 rings (SSSR count). The van der Waals surface area contributed by atoms with Crippen LogP contribution in [-0.2, 0) is 0 Å². The van der Waals surface area contributed by atoms with E-state index in [4.69, 9.17) is 11.6 Å². The summed E-state index contributed by atoms with van der Waals surface area (Å²) < 4.78 is 0. The van der Waals surface area contributed by atoms with Gasteiger partial charge in [-0.1, -0.05) is 11.6 Å². The number of pyridine rings is 1. The van der Waals surface area contributed by atoms with Crippen LogP contribution in [0.5, 0.6) is 0 Å². The first-order chi connectivity index (χ1) is 10.8. The molecule has 22 heavy (non-hydrogen) atoms. The minimum Gasteiger partial charge on any atom is -0.373 e. The van der Waals surface area contributed by atoms with Gasteiger partial charge >= 0.3 is 0 Å². The highest BCUT2D eigenvalue weighted by Crippen LogP contribution is 2.26. The van der Waals surface area contributed by atoms with Crippen molar-refractivity contribution in [2.75, 3.05) is 35.7 Å². The molecule has 116 valence electrons. The Hall–Kier alpha value is -2.08. The molecule has 2 N–H and O–H groups in total. The fourth-order valence-electron chi connectivity index (χ4n) is 2.72. The van der Waals surface area contributed by atoms with E-state index in [-0.39, 0.29) is 0 Å². The molecule has 0 bridgehead atoms. The number of nitrogens with one attached hydrogen (secondary N) is 2. The number of nitrogens with zero attached hydrogens (tertiary/aromatic N) is 4. The van der Waals surface area contributed by atoms with E-state index in [1.54, 1.807) is 12.5 Å². The first-order valence-corrected chi connectivity index (χ1v) is 7.76. The Bertz CT molecular complexity index is 635. The molecule has 6 nitrogen and oxygen atoms in total. The topological polar surface area (TPSA) is 66.0 Å². The standard InChI is InChI=1S/C15H19ClN6/c1-17-13-8-14(21-10-20-13)22-7-3-4-11(22)9-19-15-12(16)5-2-6-18-15/h2,5-6,8,10-11H,3-4,7,9H2,1H3,(H,18,19)(H,17,20,21). The minimum atomic E-state index is 0.373. The zero-order valence-electron chi connectivity index (χ0n) is 12.5. The maximum absolute atomic E-state index is 6.14. The number of halogens is 1. The Kier molecular flexibility index (Phi) is 4.58. The molecule has 0 amide bonds. The number of hydrogen-bond acceptors (Lipinski definition) is 6. The first-order valence-electron chi connectivity index (χ1n) is 7.39. The van der Waals surface area contributed by atoms with Crippen molar-refractivity contribution in [2.24, 2.45) is 0 Å². The summed E-state index contributed by atoms with van der Waals surface area (Å²) in [6.45, 7) is 1.79. The van der Waals surface area contributed by atoms with Crippen LogP contribution in [0, 0.1) is 0 Å². The van der Waals surface area contributed by atoms with Gasteiger partial charge in [0, 0.05) is 38.4 Å². The van der Waals surface area contributed by atoms with Crippen molar-refractivity contribution in [2.45, 2.75) is 18.9 Å². The van der Waals surface area contributed by atoms with Crippen LogP contribution < -0.4 is 15.5 Å². The monoisotopic (exact) mass is 318 g/mol. The van der Waals surface area contributed by atoms with Crippen LogP contribution >= 0.6 is 11.6 Å². The summed E-state index contributed by atoms with van der Waals surface area (Å²) in [5.74, 6) is 2.52. The van der Waals surface area contributed by atoms with Crippen molar-refractivity contribution >= 4 is 29.1 Å². The minimum absolute atomic E-state index is 0.373. The van der Waals surface area contributed by atoms with Crippen LogP contribution in [0.4, 0.5) is 17.5 Å².